The molecule has 0 spiro atoms. The van der Waals surface area contributed by atoms with E-state index in [4.69, 9.17) is 10.5 Å². The van der Waals surface area contributed by atoms with Crippen LogP contribution in [0, 0.1) is 11.7 Å². The Morgan fingerprint density at radius 3 is 2.73 bits per heavy atom. The third kappa shape index (κ3) is 1.97. The first-order chi connectivity index (χ1) is 7.13. The summed E-state index contributed by atoms with van der Waals surface area (Å²) in [7, 11) is 1.47. The maximum Gasteiger partial charge on any atom is 0.165 e. The van der Waals surface area contributed by atoms with Gasteiger partial charge in [-0.2, -0.15) is 0 Å². The van der Waals surface area contributed by atoms with Crippen LogP contribution in [0.15, 0.2) is 18.2 Å². The molecule has 2 nitrogen and oxygen atoms in total. The van der Waals surface area contributed by atoms with Gasteiger partial charge in [0.1, 0.15) is 0 Å². The van der Waals surface area contributed by atoms with Crippen LogP contribution in [0.4, 0.5) is 4.39 Å². The lowest BCUT2D eigenvalue weighted by atomic mass is 10.1. The number of hydrogen-bond donors (Lipinski definition) is 1. The molecule has 2 rings (SSSR count). The Morgan fingerprint density at radius 2 is 2.27 bits per heavy atom. The average molecular weight is 209 g/mol. The molecule has 2 N–H and O–H groups in total. The van der Waals surface area contributed by atoms with Crippen LogP contribution >= 0.6 is 0 Å². The topological polar surface area (TPSA) is 35.2 Å². The van der Waals surface area contributed by atoms with Gasteiger partial charge in [0.15, 0.2) is 11.6 Å². The highest BCUT2D eigenvalue weighted by molar-refractivity contribution is 5.34. The Labute approximate surface area is 89.2 Å². The molecule has 3 heteroatoms. The van der Waals surface area contributed by atoms with Crippen LogP contribution in [0.25, 0.3) is 0 Å². The van der Waals surface area contributed by atoms with Gasteiger partial charge in [0, 0.05) is 6.04 Å². The number of halogens is 1. The highest BCUT2D eigenvalue weighted by Crippen LogP contribution is 2.49. The average Bonchev–Trinajstić information content (AvgIpc) is 2.97. The number of ether oxygens (including phenoxy) is 1. The zero-order chi connectivity index (χ0) is 11.0. The van der Waals surface area contributed by atoms with Crippen LogP contribution in [0.3, 0.4) is 0 Å². The summed E-state index contributed by atoms with van der Waals surface area (Å²) >= 11 is 0. The molecule has 1 aromatic rings. The van der Waals surface area contributed by atoms with Gasteiger partial charge >= 0.3 is 0 Å². The predicted molar refractivity (Wildman–Crippen MR) is 57.4 cm³/mol. The molecule has 1 aromatic carbocycles. The van der Waals surface area contributed by atoms with Crippen molar-refractivity contribution in [2.24, 2.45) is 11.7 Å². The molecule has 0 saturated heterocycles. The minimum atomic E-state index is -0.287. The highest BCUT2D eigenvalue weighted by Gasteiger charge is 2.40. The molecule has 0 aromatic heterocycles. The molecule has 1 aliphatic rings. The van der Waals surface area contributed by atoms with Crippen molar-refractivity contribution in [3.63, 3.8) is 0 Å². The van der Waals surface area contributed by atoms with Crippen molar-refractivity contribution in [2.75, 3.05) is 7.11 Å². The lowest BCUT2D eigenvalue weighted by Crippen LogP contribution is -2.17. The first kappa shape index (κ1) is 10.4. The van der Waals surface area contributed by atoms with Crippen molar-refractivity contribution < 1.29 is 9.13 Å². The summed E-state index contributed by atoms with van der Waals surface area (Å²) in [4.78, 5) is 0. The van der Waals surface area contributed by atoms with Crippen molar-refractivity contribution in [3.05, 3.63) is 29.6 Å². The maximum absolute atomic E-state index is 13.4. The van der Waals surface area contributed by atoms with Crippen LogP contribution in [-0.4, -0.2) is 13.2 Å². The number of methoxy groups -OCH3 is 1. The standard InChI is InChI=1S/C12H16FNO/c1-7(14)9-6-10(9)8-3-4-12(15-2)11(13)5-8/h3-5,7,9-10H,6,14H2,1-2H3. The molecule has 3 atom stereocenters. The predicted octanol–water partition coefficient (Wildman–Crippen LogP) is 2.29. The van der Waals surface area contributed by atoms with Crippen molar-refractivity contribution in [1.82, 2.24) is 0 Å². The molecule has 1 saturated carbocycles. The fraction of sp³-hybridized carbons (Fsp3) is 0.500. The second kappa shape index (κ2) is 3.81. The number of hydrogen-bond acceptors (Lipinski definition) is 2. The zero-order valence-corrected chi connectivity index (χ0v) is 9.03. The summed E-state index contributed by atoms with van der Waals surface area (Å²) < 4.78 is 18.3. The first-order valence-electron chi connectivity index (χ1n) is 5.22. The fourth-order valence-corrected chi connectivity index (χ4v) is 2.09. The Hall–Kier alpha value is -1.09. The van der Waals surface area contributed by atoms with Crippen molar-refractivity contribution >= 4 is 0 Å². The van der Waals surface area contributed by atoms with Gasteiger partial charge in [-0.05, 0) is 42.9 Å². The summed E-state index contributed by atoms with van der Waals surface area (Å²) in [5.41, 5.74) is 6.84. The summed E-state index contributed by atoms with van der Waals surface area (Å²) in [6.07, 6.45) is 1.07. The van der Waals surface area contributed by atoms with Gasteiger partial charge < -0.3 is 10.5 Å². The quantitative estimate of drug-likeness (QED) is 0.829. The van der Waals surface area contributed by atoms with E-state index in [1.807, 2.05) is 13.0 Å². The SMILES string of the molecule is COc1ccc(C2CC2C(C)N)cc1F. The van der Waals surface area contributed by atoms with E-state index in [1.165, 1.54) is 7.11 Å². The summed E-state index contributed by atoms with van der Waals surface area (Å²) in [6, 6.07) is 5.36. The Balaban J connectivity index is 2.15. The van der Waals surface area contributed by atoms with E-state index in [-0.39, 0.29) is 11.9 Å². The van der Waals surface area contributed by atoms with Gasteiger partial charge in [-0.15, -0.1) is 0 Å². The number of rotatable bonds is 3. The Morgan fingerprint density at radius 1 is 1.53 bits per heavy atom. The fourth-order valence-electron chi connectivity index (χ4n) is 2.09. The smallest absolute Gasteiger partial charge is 0.165 e. The summed E-state index contributed by atoms with van der Waals surface area (Å²) in [5, 5.41) is 0. The van der Waals surface area contributed by atoms with Crippen LogP contribution in [0.2, 0.25) is 0 Å². The third-order valence-corrected chi connectivity index (χ3v) is 3.12. The second-order valence-electron chi connectivity index (χ2n) is 4.26. The van der Waals surface area contributed by atoms with E-state index < -0.39 is 0 Å². The maximum atomic E-state index is 13.4. The highest BCUT2D eigenvalue weighted by atomic mass is 19.1. The van der Waals surface area contributed by atoms with E-state index in [2.05, 4.69) is 0 Å². The van der Waals surface area contributed by atoms with Gasteiger partial charge in [0.05, 0.1) is 7.11 Å². The molecule has 3 unspecified atom stereocenters. The van der Waals surface area contributed by atoms with Gasteiger partial charge in [-0.1, -0.05) is 6.07 Å². The van der Waals surface area contributed by atoms with Crippen LogP contribution < -0.4 is 10.5 Å². The molecule has 82 valence electrons. The van der Waals surface area contributed by atoms with E-state index in [0.29, 0.717) is 17.6 Å². The molecule has 1 fully saturated rings. The van der Waals surface area contributed by atoms with E-state index >= 15 is 0 Å². The van der Waals surface area contributed by atoms with E-state index in [0.717, 1.165) is 12.0 Å². The zero-order valence-electron chi connectivity index (χ0n) is 9.03. The second-order valence-corrected chi connectivity index (χ2v) is 4.26. The lowest BCUT2D eigenvalue weighted by molar-refractivity contribution is 0.386. The molecule has 0 heterocycles. The van der Waals surface area contributed by atoms with Crippen LogP contribution in [0.5, 0.6) is 5.75 Å². The monoisotopic (exact) mass is 209 g/mol. The van der Waals surface area contributed by atoms with Crippen LogP contribution in [-0.2, 0) is 0 Å². The molecular weight excluding hydrogens is 193 g/mol. The molecule has 0 amide bonds. The number of nitrogens with two attached hydrogens (primary N) is 1. The molecule has 0 bridgehead atoms. The van der Waals surface area contributed by atoms with Crippen LogP contribution in [0.1, 0.15) is 24.8 Å². The van der Waals surface area contributed by atoms with Crippen molar-refractivity contribution in [3.8, 4) is 5.75 Å². The van der Waals surface area contributed by atoms with E-state index in [9.17, 15) is 4.39 Å². The third-order valence-electron chi connectivity index (χ3n) is 3.12. The van der Waals surface area contributed by atoms with Gasteiger partial charge in [-0.3, -0.25) is 0 Å². The van der Waals surface area contributed by atoms with E-state index in [1.54, 1.807) is 12.1 Å². The largest absolute Gasteiger partial charge is 0.494 e. The summed E-state index contributed by atoms with van der Waals surface area (Å²) in [6.45, 7) is 2.00. The molecule has 0 radical (unpaired) electrons. The summed E-state index contributed by atoms with van der Waals surface area (Å²) in [5.74, 6) is 0.963. The first-order valence-corrected chi connectivity index (χ1v) is 5.22. The Bertz CT molecular complexity index is 365. The number of benzene rings is 1. The van der Waals surface area contributed by atoms with Crippen molar-refractivity contribution in [1.29, 1.82) is 0 Å². The minimum Gasteiger partial charge on any atom is -0.494 e. The lowest BCUT2D eigenvalue weighted by Gasteiger charge is -2.06. The molecule has 15 heavy (non-hydrogen) atoms. The van der Waals surface area contributed by atoms with Gasteiger partial charge in [-0.25, -0.2) is 4.39 Å². The van der Waals surface area contributed by atoms with Gasteiger partial charge in [0.25, 0.3) is 0 Å². The van der Waals surface area contributed by atoms with Crippen molar-refractivity contribution in [2.45, 2.75) is 25.3 Å². The molecule has 0 aliphatic heterocycles. The molecule has 1 aliphatic carbocycles. The normalized spacial score (nSPS) is 26.1. The minimum absolute atomic E-state index is 0.195. The Kier molecular flexibility index (Phi) is 2.65. The molecular formula is C12H16FNO. The van der Waals surface area contributed by atoms with Gasteiger partial charge in [0.2, 0.25) is 0 Å².